The molecule has 0 aliphatic carbocycles. The molecule has 0 fully saturated rings. The third-order valence-corrected chi connectivity index (χ3v) is 7.09. The van der Waals surface area contributed by atoms with Crippen LogP contribution in [0.4, 0.5) is 19.1 Å². The third-order valence-electron chi connectivity index (χ3n) is 7.09. The summed E-state index contributed by atoms with van der Waals surface area (Å²) in [4.78, 5) is 37.6. The summed E-state index contributed by atoms with van der Waals surface area (Å²) in [5.41, 5.74) is -1.19. The van der Waals surface area contributed by atoms with Crippen LogP contribution in [0.25, 0.3) is 28.0 Å². The number of fused-ring (bicyclic) bond motifs is 1. The standard InChI is InChI=1S/C32H37F3N6O2.C2H6/c1-7-40(8-2)16-10-15-36-31-37-27(22-17-20(18-25(35)19(22)3)30(43)39-32(4,5)6)21-13-14-26(42)41(29(21)38-31)28-23(33)11-9-12-24(28)34;1-2/h9,11-14,17-18H,7-8,10,15-16H2,1-6H3,(H,39,43)(H,36,37,38);1-2H3. The number of pyridine rings is 1. The Labute approximate surface area is 262 Å². The van der Waals surface area contributed by atoms with E-state index in [0.717, 1.165) is 54.9 Å². The predicted octanol–water partition coefficient (Wildman–Crippen LogP) is 6.87. The van der Waals surface area contributed by atoms with E-state index in [1.54, 1.807) is 6.92 Å². The summed E-state index contributed by atoms with van der Waals surface area (Å²) in [6.45, 7) is 18.2. The topological polar surface area (TPSA) is 92.2 Å². The van der Waals surface area contributed by atoms with Gasteiger partial charge < -0.3 is 15.5 Å². The first-order valence-corrected chi connectivity index (χ1v) is 15.3. The summed E-state index contributed by atoms with van der Waals surface area (Å²) in [6.07, 6.45) is 0.748. The lowest BCUT2D eigenvalue weighted by molar-refractivity contribution is 0.0919. The molecule has 0 bridgehead atoms. The number of halogens is 3. The zero-order valence-electron chi connectivity index (χ0n) is 27.3. The van der Waals surface area contributed by atoms with Crippen LogP contribution in [0.5, 0.6) is 0 Å². The minimum absolute atomic E-state index is 0.0713. The molecule has 0 atom stereocenters. The average Bonchev–Trinajstić information content (AvgIpc) is 2.99. The van der Waals surface area contributed by atoms with Crippen LogP contribution in [0, 0.1) is 24.4 Å². The maximum atomic E-state index is 15.3. The van der Waals surface area contributed by atoms with Crippen molar-refractivity contribution in [1.82, 2.24) is 24.8 Å². The zero-order valence-corrected chi connectivity index (χ0v) is 27.3. The predicted molar refractivity (Wildman–Crippen MR) is 175 cm³/mol. The molecule has 4 aromatic rings. The Balaban J connectivity index is 0.00000271. The molecule has 0 radical (unpaired) electrons. The molecule has 2 aromatic heterocycles. The summed E-state index contributed by atoms with van der Waals surface area (Å²) >= 11 is 0. The van der Waals surface area contributed by atoms with E-state index in [-0.39, 0.29) is 39.4 Å². The fourth-order valence-electron chi connectivity index (χ4n) is 4.83. The Morgan fingerprint density at radius 3 is 2.20 bits per heavy atom. The van der Waals surface area contributed by atoms with Gasteiger partial charge in [0.15, 0.2) is 5.65 Å². The Hall–Kier alpha value is -4.25. The molecule has 0 saturated carbocycles. The highest BCUT2D eigenvalue weighted by molar-refractivity contribution is 5.98. The second-order valence-electron chi connectivity index (χ2n) is 11.4. The molecule has 11 heteroatoms. The number of hydrogen-bond acceptors (Lipinski definition) is 6. The molecule has 0 unspecified atom stereocenters. The Morgan fingerprint density at radius 2 is 1.60 bits per heavy atom. The quantitative estimate of drug-likeness (QED) is 0.187. The highest BCUT2D eigenvalue weighted by Gasteiger charge is 2.23. The van der Waals surface area contributed by atoms with Gasteiger partial charge in [-0.2, -0.15) is 4.98 Å². The smallest absolute Gasteiger partial charge is 0.256 e. The van der Waals surface area contributed by atoms with Crippen molar-refractivity contribution in [3.8, 4) is 16.9 Å². The lowest BCUT2D eigenvalue weighted by atomic mass is 9.98. The molecular weight excluding hydrogens is 581 g/mol. The average molecular weight is 625 g/mol. The number of nitrogens with one attached hydrogen (secondary N) is 2. The van der Waals surface area contributed by atoms with Crippen LogP contribution < -0.4 is 16.2 Å². The van der Waals surface area contributed by atoms with Gasteiger partial charge in [-0.05, 0) is 89.6 Å². The molecule has 2 aromatic carbocycles. The van der Waals surface area contributed by atoms with Gasteiger partial charge in [-0.15, -0.1) is 0 Å². The number of hydrogen-bond donors (Lipinski definition) is 2. The molecule has 0 aliphatic heterocycles. The molecule has 8 nitrogen and oxygen atoms in total. The van der Waals surface area contributed by atoms with Crippen LogP contribution in [0.2, 0.25) is 0 Å². The summed E-state index contributed by atoms with van der Waals surface area (Å²) in [5.74, 6) is -2.93. The van der Waals surface area contributed by atoms with Crippen molar-refractivity contribution in [2.24, 2.45) is 0 Å². The molecular formula is C34H43F3N6O2. The molecule has 0 saturated heterocycles. The van der Waals surface area contributed by atoms with Crippen LogP contribution in [-0.4, -0.2) is 57.1 Å². The van der Waals surface area contributed by atoms with Crippen molar-refractivity contribution in [3.05, 3.63) is 81.4 Å². The van der Waals surface area contributed by atoms with Crippen molar-refractivity contribution in [1.29, 1.82) is 0 Å². The van der Waals surface area contributed by atoms with Crippen molar-refractivity contribution in [3.63, 3.8) is 0 Å². The lowest BCUT2D eigenvalue weighted by Gasteiger charge is -2.21. The highest BCUT2D eigenvalue weighted by Crippen LogP contribution is 2.33. The highest BCUT2D eigenvalue weighted by atomic mass is 19.1. The van der Waals surface area contributed by atoms with Crippen LogP contribution in [-0.2, 0) is 0 Å². The molecule has 0 aliphatic rings. The second kappa shape index (κ2) is 15.2. The number of anilines is 1. The maximum absolute atomic E-state index is 15.3. The summed E-state index contributed by atoms with van der Waals surface area (Å²) in [5, 5.41) is 6.23. The minimum Gasteiger partial charge on any atom is -0.354 e. The van der Waals surface area contributed by atoms with Crippen molar-refractivity contribution in [2.45, 2.75) is 67.3 Å². The van der Waals surface area contributed by atoms with Crippen LogP contribution in [0.1, 0.15) is 70.8 Å². The minimum atomic E-state index is -0.952. The molecule has 1 amide bonds. The Bertz CT molecular complexity index is 1690. The number of rotatable bonds is 10. The number of para-hydroxylation sites is 1. The van der Waals surface area contributed by atoms with E-state index >= 15 is 4.39 Å². The molecule has 45 heavy (non-hydrogen) atoms. The van der Waals surface area contributed by atoms with Crippen molar-refractivity contribution in [2.75, 3.05) is 31.5 Å². The lowest BCUT2D eigenvalue weighted by Crippen LogP contribution is -2.40. The van der Waals surface area contributed by atoms with Gasteiger partial charge in [0.05, 0.1) is 5.69 Å². The van der Waals surface area contributed by atoms with E-state index in [0.29, 0.717) is 6.54 Å². The van der Waals surface area contributed by atoms with Gasteiger partial charge in [0.1, 0.15) is 23.1 Å². The van der Waals surface area contributed by atoms with Gasteiger partial charge >= 0.3 is 0 Å². The van der Waals surface area contributed by atoms with Gasteiger partial charge in [-0.25, -0.2) is 18.2 Å². The first-order chi connectivity index (χ1) is 21.3. The Morgan fingerprint density at radius 1 is 0.956 bits per heavy atom. The van der Waals surface area contributed by atoms with E-state index in [2.05, 4.69) is 39.3 Å². The molecule has 2 heterocycles. The monoisotopic (exact) mass is 624 g/mol. The number of nitrogens with zero attached hydrogens (tertiary/aromatic N) is 4. The number of amides is 1. The Kier molecular flexibility index (Phi) is 11.9. The normalized spacial score (nSPS) is 11.4. The fraction of sp³-hybridized carbons (Fsp3) is 0.412. The van der Waals surface area contributed by atoms with Gasteiger partial charge in [0.2, 0.25) is 5.95 Å². The van der Waals surface area contributed by atoms with Gasteiger partial charge in [-0.1, -0.05) is 33.8 Å². The fourth-order valence-corrected chi connectivity index (χ4v) is 4.83. The SMILES string of the molecule is CC.CCN(CC)CCCNc1nc(-c2cc(C(=O)NC(C)(C)C)cc(F)c2C)c2ccc(=O)n(-c3c(F)cccc3F)c2n1. The van der Waals surface area contributed by atoms with E-state index < -0.39 is 40.1 Å². The summed E-state index contributed by atoms with van der Waals surface area (Å²) < 4.78 is 46.2. The van der Waals surface area contributed by atoms with Crippen molar-refractivity contribution < 1.29 is 18.0 Å². The van der Waals surface area contributed by atoms with E-state index in [4.69, 9.17) is 0 Å². The van der Waals surface area contributed by atoms with Crippen LogP contribution >= 0.6 is 0 Å². The van der Waals surface area contributed by atoms with E-state index in [1.807, 2.05) is 34.6 Å². The largest absolute Gasteiger partial charge is 0.354 e. The first kappa shape index (κ1) is 35.2. The summed E-state index contributed by atoms with van der Waals surface area (Å²) in [6, 6.07) is 8.56. The van der Waals surface area contributed by atoms with Gasteiger partial charge in [0, 0.05) is 34.7 Å². The third kappa shape index (κ3) is 8.27. The van der Waals surface area contributed by atoms with E-state index in [1.165, 1.54) is 18.2 Å². The van der Waals surface area contributed by atoms with Gasteiger partial charge in [-0.3, -0.25) is 14.2 Å². The zero-order chi connectivity index (χ0) is 33.5. The molecule has 4 rings (SSSR count). The molecule has 2 N–H and O–H groups in total. The van der Waals surface area contributed by atoms with Crippen LogP contribution in [0.15, 0.2) is 47.3 Å². The maximum Gasteiger partial charge on any atom is 0.256 e. The number of carbonyl (C=O) groups excluding carboxylic acids is 1. The number of carbonyl (C=O) groups is 1. The van der Waals surface area contributed by atoms with Crippen LogP contribution in [0.3, 0.4) is 0 Å². The molecule has 242 valence electrons. The van der Waals surface area contributed by atoms with Gasteiger partial charge in [0.25, 0.3) is 11.5 Å². The second-order valence-corrected chi connectivity index (χ2v) is 11.4. The first-order valence-electron chi connectivity index (χ1n) is 15.3. The molecule has 0 spiro atoms. The number of benzene rings is 2. The van der Waals surface area contributed by atoms with E-state index in [9.17, 15) is 18.4 Å². The summed E-state index contributed by atoms with van der Waals surface area (Å²) in [7, 11) is 0. The number of aromatic nitrogens is 3. The van der Waals surface area contributed by atoms with Crippen molar-refractivity contribution >= 4 is 22.9 Å².